The summed E-state index contributed by atoms with van der Waals surface area (Å²) in [5, 5.41) is 2.96. The molecule has 0 spiro atoms. The van der Waals surface area contributed by atoms with Crippen LogP contribution in [0.2, 0.25) is 0 Å². The Balaban J connectivity index is 1.62. The first-order valence-electron chi connectivity index (χ1n) is 6.66. The summed E-state index contributed by atoms with van der Waals surface area (Å²) < 4.78 is 0. The van der Waals surface area contributed by atoms with E-state index in [4.69, 9.17) is 0 Å². The first-order valence-corrected chi connectivity index (χ1v) is 6.66. The summed E-state index contributed by atoms with van der Waals surface area (Å²) in [6.07, 6.45) is 5.79. The van der Waals surface area contributed by atoms with Crippen molar-refractivity contribution in [2.45, 2.75) is 25.7 Å². The summed E-state index contributed by atoms with van der Waals surface area (Å²) >= 11 is 0. The molecule has 0 bridgehead atoms. The minimum Gasteiger partial charge on any atom is -0.326 e. The lowest BCUT2D eigenvalue weighted by Crippen LogP contribution is -2.15. The molecule has 3 heteroatoms. The molecule has 3 rings (SSSR count). The Bertz CT molecular complexity index is 454. The Morgan fingerprint density at radius 3 is 2.28 bits per heavy atom. The molecule has 1 aromatic carbocycles. The van der Waals surface area contributed by atoms with E-state index in [1.54, 1.807) is 24.3 Å². The number of fused-ring (bicyclic) bond motifs is 1. The number of hydrogen-bond acceptors (Lipinski definition) is 2. The van der Waals surface area contributed by atoms with Crippen molar-refractivity contribution in [3.63, 3.8) is 0 Å². The van der Waals surface area contributed by atoms with Crippen molar-refractivity contribution in [2.75, 3.05) is 5.32 Å². The zero-order valence-electron chi connectivity index (χ0n) is 10.3. The van der Waals surface area contributed by atoms with Gasteiger partial charge in [0.2, 0.25) is 5.91 Å². The van der Waals surface area contributed by atoms with E-state index in [0.29, 0.717) is 17.4 Å². The van der Waals surface area contributed by atoms with Crippen LogP contribution in [0.4, 0.5) is 5.69 Å². The normalized spacial score (nSPS) is 29.2. The monoisotopic (exact) mass is 243 g/mol. The second-order valence-electron chi connectivity index (χ2n) is 5.37. The lowest BCUT2D eigenvalue weighted by atomic mass is 10.0. The van der Waals surface area contributed by atoms with Crippen molar-refractivity contribution in [1.29, 1.82) is 0 Å². The molecule has 94 valence electrons. The van der Waals surface area contributed by atoms with Crippen molar-refractivity contribution >= 4 is 17.9 Å². The first kappa shape index (κ1) is 11.5. The van der Waals surface area contributed by atoms with Crippen LogP contribution in [0.1, 0.15) is 36.0 Å². The predicted molar refractivity (Wildman–Crippen MR) is 69.4 cm³/mol. The van der Waals surface area contributed by atoms with Gasteiger partial charge in [-0.1, -0.05) is 12.8 Å². The van der Waals surface area contributed by atoms with Crippen LogP contribution in [0.5, 0.6) is 0 Å². The van der Waals surface area contributed by atoms with Gasteiger partial charge < -0.3 is 5.32 Å². The highest BCUT2D eigenvalue weighted by atomic mass is 16.2. The summed E-state index contributed by atoms with van der Waals surface area (Å²) in [7, 11) is 0. The Hall–Kier alpha value is -1.64. The SMILES string of the molecule is O=Cc1ccc(NC(=O)C2C3CCCCC32)cc1. The third-order valence-corrected chi connectivity index (χ3v) is 4.27. The zero-order chi connectivity index (χ0) is 12.5. The quantitative estimate of drug-likeness (QED) is 0.830. The number of benzene rings is 1. The van der Waals surface area contributed by atoms with Crippen LogP contribution in [0.25, 0.3) is 0 Å². The van der Waals surface area contributed by atoms with Gasteiger partial charge in [0.05, 0.1) is 0 Å². The van der Waals surface area contributed by atoms with Crippen molar-refractivity contribution < 1.29 is 9.59 Å². The van der Waals surface area contributed by atoms with Gasteiger partial charge in [-0.2, -0.15) is 0 Å². The summed E-state index contributed by atoms with van der Waals surface area (Å²) in [5.74, 6) is 1.66. The van der Waals surface area contributed by atoms with E-state index in [9.17, 15) is 9.59 Å². The van der Waals surface area contributed by atoms with Crippen molar-refractivity contribution in [3.05, 3.63) is 29.8 Å². The molecule has 1 amide bonds. The molecule has 0 aromatic heterocycles. The van der Waals surface area contributed by atoms with Crippen LogP contribution >= 0.6 is 0 Å². The third kappa shape index (κ3) is 2.05. The van der Waals surface area contributed by atoms with Crippen LogP contribution in [-0.4, -0.2) is 12.2 Å². The van der Waals surface area contributed by atoms with Gasteiger partial charge in [0.25, 0.3) is 0 Å². The van der Waals surface area contributed by atoms with E-state index >= 15 is 0 Å². The number of anilines is 1. The van der Waals surface area contributed by atoms with Gasteiger partial charge in [-0.05, 0) is 48.9 Å². The fraction of sp³-hybridized carbons (Fsp3) is 0.467. The summed E-state index contributed by atoms with van der Waals surface area (Å²) in [6.45, 7) is 0. The maximum atomic E-state index is 12.1. The summed E-state index contributed by atoms with van der Waals surface area (Å²) in [6, 6.07) is 7.02. The van der Waals surface area contributed by atoms with Gasteiger partial charge in [-0.25, -0.2) is 0 Å². The molecule has 2 aliphatic carbocycles. The van der Waals surface area contributed by atoms with Crippen LogP contribution in [-0.2, 0) is 4.79 Å². The molecule has 3 nitrogen and oxygen atoms in total. The molecule has 1 aromatic rings. The van der Waals surface area contributed by atoms with Gasteiger partial charge in [-0.15, -0.1) is 0 Å². The van der Waals surface area contributed by atoms with Gasteiger partial charge in [0.15, 0.2) is 0 Å². The van der Waals surface area contributed by atoms with Crippen molar-refractivity contribution in [3.8, 4) is 0 Å². The molecule has 2 unspecified atom stereocenters. The highest BCUT2D eigenvalue weighted by Gasteiger charge is 2.54. The Morgan fingerprint density at radius 2 is 1.72 bits per heavy atom. The maximum Gasteiger partial charge on any atom is 0.228 e. The minimum atomic E-state index is 0.158. The average Bonchev–Trinajstić information content (AvgIpc) is 3.14. The fourth-order valence-corrected chi connectivity index (χ4v) is 3.25. The topological polar surface area (TPSA) is 46.2 Å². The summed E-state index contributed by atoms with van der Waals surface area (Å²) in [4.78, 5) is 22.7. The van der Waals surface area contributed by atoms with Gasteiger partial charge in [-0.3, -0.25) is 9.59 Å². The van der Waals surface area contributed by atoms with E-state index in [1.807, 2.05) is 0 Å². The van der Waals surface area contributed by atoms with E-state index in [1.165, 1.54) is 25.7 Å². The van der Waals surface area contributed by atoms with Crippen LogP contribution < -0.4 is 5.32 Å². The Kier molecular flexibility index (Phi) is 2.90. The standard InChI is InChI=1S/C15H17NO2/c17-9-10-5-7-11(8-6-10)16-15(18)14-12-3-1-2-4-13(12)14/h5-9,12-14H,1-4H2,(H,16,18). The molecular formula is C15H17NO2. The van der Waals surface area contributed by atoms with E-state index in [0.717, 1.165) is 12.0 Å². The number of hydrogen-bond donors (Lipinski definition) is 1. The van der Waals surface area contributed by atoms with Crippen molar-refractivity contribution in [1.82, 2.24) is 0 Å². The predicted octanol–water partition coefficient (Wildman–Crippen LogP) is 2.87. The highest BCUT2D eigenvalue weighted by Crippen LogP contribution is 2.55. The first-order chi connectivity index (χ1) is 8.79. The molecule has 2 fully saturated rings. The molecule has 0 aliphatic heterocycles. The minimum absolute atomic E-state index is 0.158. The fourth-order valence-electron chi connectivity index (χ4n) is 3.25. The smallest absolute Gasteiger partial charge is 0.228 e. The second kappa shape index (κ2) is 4.56. The van der Waals surface area contributed by atoms with Crippen LogP contribution in [0.15, 0.2) is 24.3 Å². The molecule has 1 N–H and O–H groups in total. The zero-order valence-corrected chi connectivity index (χ0v) is 10.3. The molecule has 0 heterocycles. The number of carbonyl (C=O) groups is 2. The maximum absolute atomic E-state index is 12.1. The molecule has 2 aliphatic rings. The lowest BCUT2D eigenvalue weighted by Gasteiger charge is -2.04. The molecule has 0 radical (unpaired) electrons. The number of carbonyl (C=O) groups excluding carboxylic acids is 2. The van der Waals surface area contributed by atoms with Crippen LogP contribution in [0, 0.1) is 17.8 Å². The number of rotatable bonds is 3. The molecule has 2 atom stereocenters. The van der Waals surface area contributed by atoms with Gasteiger partial charge in [0, 0.05) is 17.2 Å². The number of aldehydes is 1. The van der Waals surface area contributed by atoms with E-state index < -0.39 is 0 Å². The number of nitrogens with one attached hydrogen (secondary N) is 1. The summed E-state index contributed by atoms with van der Waals surface area (Å²) in [5.41, 5.74) is 1.42. The van der Waals surface area contributed by atoms with Gasteiger partial charge >= 0.3 is 0 Å². The van der Waals surface area contributed by atoms with Crippen molar-refractivity contribution in [2.24, 2.45) is 17.8 Å². The van der Waals surface area contributed by atoms with E-state index in [2.05, 4.69) is 5.32 Å². The lowest BCUT2D eigenvalue weighted by molar-refractivity contribution is -0.117. The second-order valence-corrected chi connectivity index (χ2v) is 5.37. The average molecular weight is 243 g/mol. The number of amides is 1. The van der Waals surface area contributed by atoms with Gasteiger partial charge in [0.1, 0.15) is 6.29 Å². The highest BCUT2D eigenvalue weighted by molar-refractivity contribution is 5.95. The molecular weight excluding hydrogens is 226 g/mol. The third-order valence-electron chi connectivity index (χ3n) is 4.27. The molecule has 0 saturated heterocycles. The largest absolute Gasteiger partial charge is 0.326 e. The Morgan fingerprint density at radius 1 is 1.11 bits per heavy atom. The van der Waals surface area contributed by atoms with Crippen LogP contribution in [0.3, 0.4) is 0 Å². The molecule has 2 saturated carbocycles. The van der Waals surface area contributed by atoms with E-state index in [-0.39, 0.29) is 11.8 Å². The Labute approximate surface area is 107 Å². The molecule has 18 heavy (non-hydrogen) atoms.